The summed E-state index contributed by atoms with van der Waals surface area (Å²) in [5, 5.41) is 9.01. The van der Waals surface area contributed by atoms with Gasteiger partial charge in [-0.3, -0.25) is 9.69 Å². The summed E-state index contributed by atoms with van der Waals surface area (Å²) in [6, 6.07) is 6.30. The maximum absolute atomic E-state index is 12.9. The zero-order valence-electron chi connectivity index (χ0n) is 14.0. The van der Waals surface area contributed by atoms with Gasteiger partial charge in [0.15, 0.2) is 0 Å². The lowest BCUT2D eigenvalue weighted by Crippen LogP contribution is -2.48. The third kappa shape index (κ3) is 2.96. The monoisotopic (exact) mass is 312 g/mol. The lowest BCUT2D eigenvalue weighted by atomic mass is 10.0. The molecular formula is C18H24N4O. The van der Waals surface area contributed by atoms with Crippen molar-refractivity contribution in [3.8, 4) is 6.07 Å². The molecule has 2 aliphatic heterocycles. The Bertz CT molecular complexity index is 636. The lowest BCUT2D eigenvalue weighted by Gasteiger charge is -2.34. The molecule has 1 amide bonds. The summed E-state index contributed by atoms with van der Waals surface area (Å²) in [7, 11) is 0. The van der Waals surface area contributed by atoms with Crippen LogP contribution in [0.1, 0.15) is 54.4 Å². The number of carbonyl (C=O) groups is 1. The summed E-state index contributed by atoms with van der Waals surface area (Å²) in [4.78, 5) is 21.8. The van der Waals surface area contributed by atoms with Gasteiger partial charge < -0.3 is 4.90 Å². The fourth-order valence-corrected chi connectivity index (χ4v) is 4.07. The zero-order chi connectivity index (χ0) is 16.4. The number of aryl methyl sites for hydroxylation is 1. The largest absolute Gasteiger partial charge is 0.333 e. The molecule has 0 N–H and O–H groups in total. The van der Waals surface area contributed by atoms with Gasteiger partial charge in [0.25, 0.3) is 5.91 Å². The second-order valence-electron chi connectivity index (χ2n) is 6.49. The Hall–Kier alpha value is -1.93. The Morgan fingerprint density at radius 1 is 1.30 bits per heavy atom. The maximum atomic E-state index is 12.9. The molecule has 1 aromatic rings. The summed E-state index contributed by atoms with van der Waals surface area (Å²) in [5.41, 5.74) is 1.63. The van der Waals surface area contributed by atoms with E-state index < -0.39 is 0 Å². The van der Waals surface area contributed by atoms with E-state index in [0.717, 1.165) is 32.5 Å². The Labute approximate surface area is 137 Å². The second-order valence-corrected chi connectivity index (χ2v) is 6.49. The molecule has 0 radical (unpaired) electrons. The van der Waals surface area contributed by atoms with Gasteiger partial charge in [-0.15, -0.1) is 0 Å². The van der Waals surface area contributed by atoms with Gasteiger partial charge in [0.1, 0.15) is 11.8 Å². The fraction of sp³-hybridized carbons (Fsp3) is 0.611. The van der Waals surface area contributed by atoms with Crippen molar-refractivity contribution in [2.75, 3.05) is 19.6 Å². The van der Waals surface area contributed by atoms with Crippen LogP contribution in [-0.2, 0) is 0 Å². The number of carbonyl (C=O) groups excluding carboxylic acids is 1. The number of likely N-dealkylation sites (N-methyl/N-ethyl adjacent to an activating group) is 1. The summed E-state index contributed by atoms with van der Waals surface area (Å²) in [6.45, 7) is 7.00. The molecule has 0 bridgehead atoms. The number of amides is 1. The van der Waals surface area contributed by atoms with Crippen molar-refractivity contribution in [3.63, 3.8) is 0 Å². The molecule has 3 rings (SSSR count). The van der Waals surface area contributed by atoms with E-state index >= 15 is 0 Å². The molecule has 0 aliphatic carbocycles. The molecule has 0 unspecified atom stereocenters. The normalized spacial score (nSPS) is 24.8. The highest BCUT2D eigenvalue weighted by Crippen LogP contribution is 2.30. The molecule has 0 aromatic carbocycles. The van der Waals surface area contributed by atoms with Crippen LogP contribution in [0.4, 0.5) is 0 Å². The minimum absolute atomic E-state index is 0.0167. The van der Waals surface area contributed by atoms with Crippen molar-refractivity contribution in [1.29, 1.82) is 5.26 Å². The third-order valence-corrected chi connectivity index (χ3v) is 5.25. The molecule has 3 heterocycles. The summed E-state index contributed by atoms with van der Waals surface area (Å²) in [5.74, 6) is 0.0167. The fourth-order valence-electron chi connectivity index (χ4n) is 4.07. The van der Waals surface area contributed by atoms with Gasteiger partial charge in [0, 0.05) is 18.6 Å². The average Bonchev–Trinajstić information content (AvgIpc) is 3.22. The van der Waals surface area contributed by atoms with Crippen molar-refractivity contribution in [1.82, 2.24) is 14.8 Å². The van der Waals surface area contributed by atoms with Crippen LogP contribution >= 0.6 is 0 Å². The van der Waals surface area contributed by atoms with Crippen LogP contribution in [0.3, 0.4) is 0 Å². The summed E-state index contributed by atoms with van der Waals surface area (Å²) < 4.78 is 0. The van der Waals surface area contributed by atoms with E-state index in [-0.39, 0.29) is 5.91 Å². The molecule has 2 atom stereocenters. The van der Waals surface area contributed by atoms with E-state index in [1.54, 1.807) is 19.1 Å². The molecular weight excluding hydrogens is 288 g/mol. The summed E-state index contributed by atoms with van der Waals surface area (Å²) >= 11 is 0. The van der Waals surface area contributed by atoms with Crippen LogP contribution in [0, 0.1) is 18.3 Å². The smallest absolute Gasteiger partial charge is 0.272 e. The number of hydrogen-bond donors (Lipinski definition) is 0. The Kier molecular flexibility index (Phi) is 4.63. The molecule has 2 saturated heterocycles. The standard InChI is InChI=1S/C18H24N4O/c1-3-21-10-4-6-16(21)17-7-5-11-22(17)18(23)15-9-8-14(12-19)13(2)20-15/h8-9,16-17H,3-7,10-11H2,1-2H3/t16-,17+/m1/s1. The molecule has 5 heteroatoms. The van der Waals surface area contributed by atoms with Crippen LogP contribution in [0.5, 0.6) is 0 Å². The minimum Gasteiger partial charge on any atom is -0.333 e. The Morgan fingerprint density at radius 2 is 2.04 bits per heavy atom. The van der Waals surface area contributed by atoms with Gasteiger partial charge in [0.05, 0.1) is 11.3 Å². The summed E-state index contributed by atoms with van der Waals surface area (Å²) in [6.07, 6.45) is 4.56. The number of hydrogen-bond acceptors (Lipinski definition) is 4. The third-order valence-electron chi connectivity index (χ3n) is 5.25. The molecule has 2 aliphatic rings. The number of pyridine rings is 1. The highest BCUT2D eigenvalue weighted by Gasteiger charge is 2.39. The van der Waals surface area contributed by atoms with Gasteiger partial charge in [-0.1, -0.05) is 6.92 Å². The highest BCUT2D eigenvalue weighted by molar-refractivity contribution is 5.93. The van der Waals surface area contributed by atoms with Crippen LogP contribution in [0.15, 0.2) is 12.1 Å². The van der Waals surface area contributed by atoms with E-state index in [1.165, 1.54) is 12.8 Å². The van der Waals surface area contributed by atoms with Gasteiger partial charge >= 0.3 is 0 Å². The van der Waals surface area contributed by atoms with Crippen molar-refractivity contribution in [2.24, 2.45) is 0 Å². The van der Waals surface area contributed by atoms with Crippen LogP contribution < -0.4 is 0 Å². The predicted octanol–water partition coefficient (Wildman–Crippen LogP) is 2.35. The molecule has 23 heavy (non-hydrogen) atoms. The highest BCUT2D eigenvalue weighted by atomic mass is 16.2. The number of rotatable bonds is 3. The van der Waals surface area contributed by atoms with Crippen molar-refractivity contribution >= 4 is 5.91 Å². The van der Waals surface area contributed by atoms with Crippen LogP contribution in [0.25, 0.3) is 0 Å². The topological polar surface area (TPSA) is 60.2 Å². The lowest BCUT2D eigenvalue weighted by molar-refractivity contribution is 0.0644. The van der Waals surface area contributed by atoms with E-state index in [2.05, 4.69) is 22.9 Å². The molecule has 0 saturated carbocycles. The van der Waals surface area contributed by atoms with E-state index in [9.17, 15) is 4.79 Å². The van der Waals surface area contributed by atoms with Crippen LogP contribution in [-0.4, -0.2) is 52.4 Å². The van der Waals surface area contributed by atoms with Crippen molar-refractivity contribution < 1.29 is 4.79 Å². The zero-order valence-corrected chi connectivity index (χ0v) is 14.0. The first-order valence-corrected chi connectivity index (χ1v) is 8.58. The Balaban J connectivity index is 1.81. The quantitative estimate of drug-likeness (QED) is 0.859. The van der Waals surface area contributed by atoms with Gasteiger partial charge in [-0.2, -0.15) is 5.26 Å². The Morgan fingerprint density at radius 3 is 2.74 bits per heavy atom. The maximum Gasteiger partial charge on any atom is 0.272 e. The molecule has 2 fully saturated rings. The van der Waals surface area contributed by atoms with E-state index in [0.29, 0.717) is 29.0 Å². The molecule has 0 spiro atoms. The first-order chi connectivity index (χ1) is 11.2. The van der Waals surface area contributed by atoms with Gasteiger partial charge in [-0.05, 0) is 57.8 Å². The van der Waals surface area contributed by atoms with Crippen molar-refractivity contribution in [3.05, 3.63) is 29.1 Å². The SMILES string of the molecule is CCN1CCC[C@@H]1[C@@H]1CCCN1C(=O)c1ccc(C#N)c(C)n1. The first-order valence-electron chi connectivity index (χ1n) is 8.58. The van der Waals surface area contributed by atoms with E-state index in [1.807, 2.05) is 4.90 Å². The first kappa shape index (κ1) is 15.9. The second kappa shape index (κ2) is 6.67. The number of aromatic nitrogens is 1. The average molecular weight is 312 g/mol. The van der Waals surface area contributed by atoms with Gasteiger partial charge in [0.2, 0.25) is 0 Å². The number of nitriles is 1. The van der Waals surface area contributed by atoms with Crippen molar-refractivity contribution in [2.45, 2.75) is 51.6 Å². The molecule has 122 valence electrons. The number of nitrogens with zero attached hydrogens (tertiary/aromatic N) is 4. The van der Waals surface area contributed by atoms with E-state index in [4.69, 9.17) is 5.26 Å². The molecule has 1 aromatic heterocycles. The van der Waals surface area contributed by atoms with Gasteiger partial charge in [-0.25, -0.2) is 4.98 Å². The van der Waals surface area contributed by atoms with Crippen LogP contribution in [0.2, 0.25) is 0 Å². The molecule has 5 nitrogen and oxygen atoms in total. The number of likely N-dealkylation sites (tertiary alicyclic amines) is 2. The minimum atomic E-state index is 0.0167. The predicted molar refractivity (Wildman–Crippen MR) is 88.0 cm³/mol.